The summed E-state index contributed by atoms with van der Waals surface area (Å²) in [5.74, 6) is 0.426. The molecule has 8 heteroatoms. The molecule has 0 saturated carbocycles. The fraction of sp³-hybridized carbons (Fsp3) is 0.250. The van der Waals surface area contributed by atoms with E-state index in [2.05, 4.69) is 15.3 Å². The highest BCUT2D eigenvalue weighted by Crippen LogP contribution is 2.34. The normalized spacial score (nSPS) is 18.1. The van der Waals surface area contributed by atoms with E-state index in [9.17, 15) is 9.59 Å². The van der Waals surface area contributed by atoms with Gasteiger partial charge in [-0.2, -0.15) is 0 Å². The second kappa shape index (κ2) is 9.05. The lowest BCUT2D eigenvalue weighted by molar-refractivity contribution is -0.125. The molecule has 3 aromatic rings. The Hall–Kier alpha value is -3.94. The van der Waals surface area contributed by atoms with Crippen molar-refractivity contribution in [3.05, 3.63) is 78.2 Å². The SMILES string of the molecule is COc1cccc(Nc2ncccc2C(=O)N2CCC[C@@](C(N)=O)(c3ccccn3)C2)c1. The van der Waals surface area contributed by atoms with Gasteiger partial charge in [0, 0.05) is 37.2 Å². The van der Waals surface area contributed by atoms with Crippen LogP contribution in [0.3, 0.4) is 0 Å². The minimum atomic E-state index is -1.02. The Kier molecular flexibility index (Phi) is 6.02. The summed E-state index contributed by atoms with van der Waals surface area (Å²) in [6.45, 7) is 0.694. The summed E-state index contributed by atoms with van der Waals surface area (Å²) in [5, 5.41) is 3.20. The molecule has 0 bridgehead atoms. The molecule has 164 valence electrons. The summed E-state index contributed by atoms with van der Waals surface area (Å²) >= 11 is 0. The monoisotopic (exact) mass is 431 g/mol. The zero-order chi connectivity index (χ0) is 22.6. The van der Waals surface area contributed by atoms with Gasteiger partial charge in [0.05, 0.1) is 18.4 Å². The van der Waals surface area contributed by atoms with E-state index in [1.165, 1.54) is 0 Å². The van der Waals surface area contributed by atoms with Gasteiger partial charge in [-0.15, -0.1) is 0 Å². The number of nitrogens with zero attached hydrogens (tertiary/aromatic N) is 3. The number of anilines is 2. The van der Waals surface area contributed by atoms with Crippen LogP contribution in [0.1, 0.15) is 28.9 Å². The van der Waals surface area contributed by atoms with Crippen molar-refractivity contribution in [3.8, 4) is 5.75 Å². The zero-order valence-corrected chi connectivity index (χ0v) is 17.8. The average molecular weight is 431 g/mol. The van der Waals surface area contributed by atoms with Crippen molar-refractivity contribution >= 4 is 23.3 Å². The van der Waals surface area contributed by atoms with Gasteiger partial charge >= 0.3 is 0 Å². The van der Waals surface area contributed by atoms with Gasteiger partial charge in [0.2, 0.25) is 5.91 Å². The number of nitrogens with two attached hydrogens (primary N) is 1. The zero-order valence-electron chi connectivity index (χ0n) is 17.8. The van der Waals surface area contributed by atoms with Gasteiger partial charge in [0.1, 0.15) is 17.0 Å². The van der Waals surface area contributed by atoms with E-state index in [4.69, 9.17) is 10.5 Å². The molecule has 1 aliphatic heterocycles. The largest absolute Gasteiger partial charge is 0.497 e. The van der Waals surface area contributed by atoms with Crippen molar-refractivity contribution in [2.75, 3.05) is 25.5 Å². The summed E-state index contributed by atoms with van der Waals surface area (Å²) in [6.07, 6.45) is 4.45. The van der Waals surface area contributed by atoms with Gasteiger partial charge in [-0.05, 0) is 49.2 Å². The van der Waals surface area contributed by atoms with Crippen molar-refractivity contribution in [2.45, 2.75) is 18.3 Å². The summed E-state index contributed by atoms with van der Waals surface area (Å²) < 4.78 is 5.27. The van der Waals surface area contributed by atoms with Crippen LogP contribution in [0, 0.1) is 0 Å². The molecule has 1 fully saturated rings. The van der Waals surface area contributed by atoms with E-state index in [0.29, 0.717) is 42.2 Å². The number of aromatic nitrogens is 2. The number of carbonyl (C=O) groups is 2. The Bertz CT molecular complexity index is 1120. The maximum absolute atomic E-state index is 13.5. The fourth-order valence-corrected chi connectivity index (χ4v) is 4.10. The highest BCUT2D eigenvalue weighted by atomic mass is 16.5. The number of nitrogens with one attached hydrogen (secondary N) is 1. The van der Waals surface area contributed by atoms with Crippen molar-refractivity contribution in [1.82, 2.24) is 14.9 Å². The molecule has 0 unspecified atom stereocenters. The van der Waals surface area contributed by atoms with Gasteiger partial charge in [-0.3, -0.25) is 14.6 Å². The molecule has 1 aromatic carbocycles. The number of hydrogen-bond acceptors (Lipinski definition) is 6. The average Bonchev–Trinajstić information content (AvgIpc) is 2.84. The van der Waals surface area contributed by atoms with Crippen LogP contribution in [0.15, 0.2) is 67.0 Å². The molecule has 3 N–H and O–H groups in total. The van der Waals surface area contributed by atoms with E-state index in [1.54, 1.807) is 48.7 Å². The van der Waals surface area contributed by atoms with Crippen molar-refractivity contribution in [1.29, 1.82) is 0 Å². The number of hydrogen-bond donors (Lipinski definition) is 2. The highest BCUT2D eigenvalue weighted by Gasteiger charge is 2.45. The van der Waals surface area contributed by atoms with Crippen molar-refractivity contribution < 1.29 is 14.3 Å². The number of methoxy groups -OCH3 is 1. The molecular weight excluding hydrogens is 406 g/mol. The lowest BCUT2D eigenvalue weighted by Gasteiger charge is -2.40. The molecule has 2 aromatic heterocycles. The third kappa shape index (κ3) is 4.12. The third-order valence-corrected chi connectivity index (χ3v) is 5.78. The van der Waals surface area contributed by atoms with Gasteiger partial charge in [-0.25, -0.2) is 4.98 Å². The first-order valence-corrected chi connectivity index (χ1v) is 10.4. The minimum Gasteiger partial charge on any atom is -0.497 e. The smallest absolute Gasteiger partial charge is 0.257 e. The second-order valence-corrected chi connectivity index (χ2v) is 7.75. The second-order valence-electron chi connectivity index (χ2n) is 7.75. The number of likely N-dealkylation sites (tertiary alicyclic amines) is 1. The summed E-state index contributed by atoms with van der Waals surface area (Å²) in [6, 6.07) is 16.2. The fourth-order valence-electron chi connectivity index (χ4n) is 4.10. The molecule has 1 saturated heterocycles. The summed E-state index contributed by atoms with van der Waals surface area (Å²) in [4.78, 5) is 36.5. The number of amides is 2. The Balaban J connectivity index is 1.62. The molecule has 2 amide bonds. The molecule has 0 radical (unpaired) electrons. The molecule has 4 rings (SSSR count). The highest BCUT2D eigenvalue weighted by molar-refractivity contribution is 6.00. The maximum Gasteiger partial charge on any atom is 0.257 e. The van der Waals surface area contributed by atoms with Crippen LogP contribution < -0.4 is 15.8 Å². The molecule has 8 nitrogen and oxygen atoms in total. The molecule has 1 atom stereocenters. The van der Waals surface area contributed by atoms with Crippen molar-refractivity contribution in [2.24, 2.45) is 5.73 Å². The molecule has 0 aliphatic carbocycles. The van der Waals surface area contributed by atoms with Gasteiger partial charge in [0.25, 0.3) is 5.91 Å². The van der Waals surface area contributed by atoms with Crippen LogP contribution in [0.25, 0.3) is 0 Å². The number of benzene rings is 1. The number of ether oxygens (including phenoxy) is 1. The number of pyridine rings is 2. The number of rotatable bonds is 6. The van der Waals surface area contributed by atoms with Crippen LogP contribution in [-0.2, 0) is 10.2 Å². The van der Waals surface area contributed by atoms with Crippen LogP contribution in [0.5, 0.6) is 5.75 Å². The summed E-state index contributed by atoms with van der Waals surface area (Å²) in [5.41, 5.74) is 6.57. The van der Waals surface area contributed by atoms with Gasteiger partial charge in [0.15, 0.2) is 0 Å². The first kappa shape index (κ1) is 21.3. The number of primary amides is 1. The quantitative estimate of drug-likeness (QED) is 0.621. The third-order valence-electron chi connectivity index (χ3n) is 5.78. The van der Waals surface area contributed by atoms with E-state index in [1.807, 2.05) is 30.3 Å². The van der Waals surface area contributed by atoms with Crippen LogP contribution in [0.2, 0.25) is 0 Å². The Labute approximate surface area is 186 Å². The number of piperidine rings is 1. The summed E-state index contributed by atoms with van der Waals surface area (Å²) in [7, 11) is 1.60. The van der Waals surface area contributed by atoms with Gasteiger partial charge < -0.3 is 20.7 Å². The Morgan fingerprint density at radius 3 is 2.69 bits per heavy atom. The standard InChI is InChI=1S/C24H25N5O3/c1-32-18-8-4-7-17(15-18)28-21-19(9-5-13-27-21)22(30)29-14-6-11-24(16-29,23(25)31)20-10-2-3-12-26-20/h2-5,7-10,12-13,15H,6,11,14,16H2,1H3,(H2,25,31)(H,27,28)/t24-/m0/s1. The predicted molar refractivity (Wildman–Crippen MR) is 121 cm³/mol. The van der Waals surface area contributed by atoms with E-state index >= 15 is 0 Å². The first-order valence-electron chi connectivity index (χ1n) is 10.4. The van der Waals surface area contributed by atoms with E-state index in [0.717, 1.165) is 5.69 Å². The van der Waals surface area contributed by atoms with Crippen LogP contribution in [0.4, 0.5) is 11.5 Å². The first-order chi connectivity index (χ1) is 15.5. The van der Waals surface area contributed by atoms with Gasteiger partial charge in [-0.1, -0.05) is 12.1 Å². The topological polar surface area (TPSA) is 110 Å². The molecular formula is C24H25N5O3. The minimum absolute atomic E-state index is 0.172. The Morgan fingerprint density at radius 1 is 1.09 bits per heavy atom. The lowest BCUT2D eigenvalue weighted by atomic mass is 9.76. The number of carbonyl (C=O) groups excluding carboxylic acids is 2. The molecule has 0 spiro atoms. The lowest BCUT2D eigenvalue weighted by Crippen LogP contribution is -2.55. The van der Waals surface area contributed by atoms with Crippen LogP contribution >= 0.6 is 0 Å². The molecule has 32 heavy (non-hydrogen) atoms. The van der Waals surface area contributed by atoms with E-state index in [-0.39, 0.29) is 12.5 Å². The van der Waals surface area contributed by atoms with Crippen LogP contribution in [-0.4, -0.2) is 46.9 Å². The van der Waals surface area contributed by atoms with E-state index < -0.39 is 11.3 Å². The Morgan fingerprint density at radius 2 is 1.94 bits per heavy atom. The molecule has 3 heterocycles. The van der Waals surface area contributed by atoms with Crippen molar-refractivity contribution in [3.63, 3.8) is 0 Å². The maximum atomic E-state index is 13.5. The molecule has 1 aliphatic rings. The predicted octanol–water partition coefficient (Wildman–Crippen LogP) is 2.89.